The molecule has 2 heterocycles. The second-order valence-electron chi connectivity index (χ2n) is 8.58. The molecule has 1 fully saturated rings. The number of fused-ring (bicyclic) bond motifs is 1. The van der Waals surface area contributed by atoms with Gasteiger partial charge in [-0.1, -0.05) is 25.2 Å². The first-order chi connectivity index (χ1) is 16.0. The molecule has 0 radical (unpaired) electrons. The smallest absolute Gasteiger partial charge is 0.248 e. The molecule has 1 amide bonds. The zero-order valence-electron chi connectivity index (χ0n) is 19.7. The van der Waals surface area contributed by atoms with Crippen LogP contribution in [-0.2, 0) is 4.79 Å². The molecule has 1 saturated heterocycles. The minimum absolute atomic E-state index is 0.0461. The van der Waals surface area contributed by atoms with Crippen LogP contribution < -0.4 is 10.9 Å². The first kappa shape index (κ1) is 24.7. The van der Waals surface area contributed by atoms with E-state index in [1.165, 1.54) is 0 Å². The standard InChI is InChI=1S/C26H36N4O3/c1-4-24(30-13-7-9-26(30)33)20(8-6-12-29(5-2)14-15-31)18-27-21-10-11-23-22(17-21)19(3)16-25(32)28-23/h4,6,8,10-11,16-17,20,24,27,31H,1,5,7,9,12-15,18H2,2-3H3,(H,28,32)/b8-6+/t20-,24?/m1/s1. The third kappa shape index (κ3) is 6.33. The number of amides is 1. The number of aliphatic hydroxyl groups is 1. The summed E-state index contributed by atoms with van der Waals surface area (Å²) < 4.78 is 0. The van der Waals surface area contributed by atoms with E-state index in [-0.39, 0.29) is 30.0 Å². The van der Waals surface area contributed by atoms with Crippen LogP contribution in [0.25, 0.3) is 10.9 Å². The number of aliphatic hydroxyl groups excluding tert-OH is 1. The molecule has 0 aliphatic carbocycles. The number of hydrogen-bond acceptors (Lipinski definition) is 5. The lowest BCUT2D eigenvalue weighted by molar-refractivity contribution is -0.129. The summed E-state index contributed by atoms with van der Waals surface area (Å²) in [7, 11) is 0. The molecule has 1 aromatic carbocycles. The zero-order chi connectivity index (χ0) is 23.8. The lowest BCUT2D eigenvalue weighted by Gasteiger charge is -2.31. The first-order valence-electron chi connectivity index (χ1n) is 11.8. The molecular weight excluding hydrogens is 416 g/mol. The molecule has 1 aromatic heterocycles. The van der Waals surface area contributed by atoms with Crippen LogP contribution in [0.5, 0.6) is 0 Å². The van der Waals surface area contributed by atoms with Gasteiger partial charge >= 0.3 is 0 Å². The maximum atomic E-state index is 12.4. The predicted molar refractivity (Wildman–Crippen MR) is 135 cm³/mol. The normalized spacial score (nSPS) is 16.1. The number of H-pyrrole nitrogens is 1. The highest BCUT2D eigenvalue weighted by Gasteiger charge is 2.30. The monoisotopic (exact) mass is 452 g/mol. The Labute approximate surface area is 195 Å². The molecule has 0 bridgehead atoms. The van der Waals surface area contributed by atoms with Crippen molar-refractivity contribution in [2.75, 3.05) is 44.6 Å². The van der Waals surface area contributed by atoms with E-state index in [1.807, 2.05) is 36.1 Å². The van der Waals surface area contributed by atoms with E-state index in [0.29, 0.717) is 19.5 Å². The lowest BCUT2D eigenvalue weighted by Crippen LogP contribution is -2.42. The Morgan fingerprint density at radius 2 is 2.15 bits per heavy atom. The van der Waals surface area contributed by atoms with Gasteiger partial charge < -0.3 is 20.3 Å². The van der Waals surface area contributed by atoms with Crippen LogP contribution >= 0.6 is 0 Å². The Balaban J connectivity index is 1.79. The van der Waals surface area contributed by atoms with Crippen molar-refractivity contribution in [2.45, 2.75) is 32.7 Å². The molecule has 0 saturated carbocycles. The maximum absolute atomic E-state index is 12.4. The number of benzene rings is 1. The Morgan fingerprint density at radius 3 is 2.82 bits per heavy atom. The van der Waals surface area contributed by atoms with Gasteiger partial charge in [0.1, 0.15) is 0 Å². The van der Waals surface area contributed by atoms with Gasteiger partial charge in [-0.2, -0.15) is 0 Å². The number of nitrogens with zero attached hydrogens (tertiary/aromatic N) is 2. The fraction of sp³-hybridized carbons (Fsp3) is 0.462. The average Bonchev–Trinajstić information content (AvgIpc) is 3.22. The third-order valence-electron chi connectivity index (χ3n) is 6.35. The quantitative estimate of drug-likeness (QED) is 0.431. The SMILES string of the molecule is C=CC([C@H](/C=C/CN(CC)CCO)CNc1ccc2[nH]c(=O)cc(C)c2c1)N1CCCC1=O. The van der Waals surface area contributed by atoms with Crippen molar-refractivity contribution in [1.82, 2.24) is 14.8 Å². The summed E-state index contributed by atoms with van der Waals surface area (Å²) in [4.78, 5) is 31.2. The van der Waals surface area contributed by atoms with Crippen molar-refractivity contribution in [1.29, 1.82) is 0 Å². The summed E-state index contributed by atoms with van der Waals surface area (Å²) in [6.45, 7) is 11.8. The molecule has 3 rings (SSSR count). The number of hydrogen-bond donors (Lipinski definition) is 3. The van der Waals surface area contributed by atoms with Gasteiger partial charge in [0.15, 0.2) is 0 Å². The molecule has 0 spiro atoms. The van der Waals surface area contributed by atoms with Gasteiger partial charge in [0.25, 0.3) is 0 Å². The van der Waals surface area contributed by atoms with Crippen LogP contribution in [0.4, 0.5) is 5.69 Å². The number of pyridine rings is 1. The average molecular weight is 453 g/mol. The fourth-order valence-electron chi connectivity index (χ4n) is 4.49. The topological polar surface area (TPSA) is 88.7 Å². The zero-order valence-corrected chi connectivity index (χ0v) is 19.7. The van der Waals surface area contributed by atoms with Crippen LogP contribution in [0.1, 0.15) is 25.3 Å². The van der Waals surface area contributed by atoms with Crippen molar-refractivity contribution in [3.63, 3.8) is 0 Å². The summed E-state index contributed by atoms with van der Waals surface area (Å²) >= 11 is 0. The molecular formula is C26H36N4O3. The summed E-state index contributed by atoms with van der Waals surface area (Å²) in [5, 5.41) is 13.8. The van der Waals surface area contributed by atoms with Crippen LogP contribution in [0, 0.1) is 12.8 Å². The van der Waals surface area contributed by atoms with Gasteiger partial charge in [-0.15, -0.1) is 6.58 Å². The fourth-order valence-corrected chi connectivity index (χ4v) is 4.49. The van der Waals surface area contributed by atoms with Crippen molar-refractivity contribution < 1.29 is 9.90 Å². The molecule has 2 aromatic rings. The summed E-state index contributed by atoms with van der Waals surface area (Å²) in [6, 6.07) is 7.44. The van der Waals surface area contributed by atoms with Crippen LogP contribution in [0.15, 0.2) is 53.9 Å². The van der Waals surface area contributed by atoms with Crippen LogP contribution in [0.3, 0.4) is 0 Å². The highest BCUT2D eigenvalue weighted by molar-refractivity contribution is 5.85. The van der Waals surface area contributed by atoms with E-state index in [1.54, 1.807) is 6.07 Å². The summed E-state index contributed by atoms with van der Waals surface area (Å²) in [6.07, 6.45) is 7.64. The van der Waals surface area contributed by atoms with Crippen molar-refractivity contribution in [3.05, 3.63) is 65.0 Å². The number of likely N-dealkylation sites (tertiary alicyclic amines) is 1. The van der Waals surface area contributed by atoms with E-state index >= 15 is 0 Å². The van der Waals surface area contributed by atoms with Gasteiger partial charge in [0, 0.05) is 61.2 Å². The van der Waals surface area contributed by atoms with Crippen molar-refractivity contribution >= 4 is 22.5 Å². The largest absolute Gasteiger partial charge is 0.395 e. The van der Waals surface area contributed by atoms with Gasteiger partial charge in [-0.3, -0.25) is 14.5 Å². The van der Waals surface area contributed by atoms with Gasteiger partial charge in [-0.05, 0) is 43.7 Å². The number of aromatic amines is 1. The highest BCUT2D eigenvalue weighted by atomic mass is 16.3. The van der Waals surface area contributed by atoms with E-state index in [4.69, 9.17) is 0 Å². The van der Waals surface area contributed by atoms with Gasteiger partial charge in [0.05, 0.1) is 12.6 Å². The predicted octanol–water partition coefficient (Wildman–Crippen LogP) is 2.91. The van der Waals surface area contributed by atoms with E-state index in [2.05, 4.69) is 40.9 Å². The van der Waals surface area contributed by atoms with Crippen molar-refractivity contribution in [2.24, 2.45) is 5.92 Å². The summed E-state index contributed by atoms with van der Waals surface area (Å²) in [5.41, 5.74) is 2.61. The Bertz CT molecular complexity index is 1050. The molecule has 2 atom stereocenters. The summed E-state index contributed by atoms with van der Waals surface area (Å²) in [5.74, 6) is 0.226. The Kier molecular flexibility index (Phi) is 8.86. The minimum atomic E-state index is -0.0997. The number of carbonyl (C=O) groups is 1. The van der Waals surface area contributed by atoms with E-state index < -0.39 is 0 Å². The first-order valence-corrected chi connectivity index (χ1v) is 11.8. The third-order valence-corrected chi connectivity index (χ3v) is 6.35. The van der Waals surface area contributed by atoms with Gasteiger partial charge in [0.2, 0.25) is 11.5 Å². The van der Waals surface area contributed by atoms with E-state index in [0.717, 1.165) is 48.2 Å². The Hall–Kier alpha value is -2.90. The molecule has 7 heteroatoms. The number of rotatable bonds is 12. The number of carbonyl (C=O) groups excluding carboxylic acids is 1. The highest BCUT2D eigenvalue weighted by Crippen LogP contribution is 2.24. The van der Waals surface area contributed by atoms with Gasteiger partial charge in [-0.25, -0.2) is 0 Å². The molecule has 1 aliphatic rings. The molecule has 3 N–H and O–H groups in total. The number of likely N-dealkylation sites (N-methyl/N-ethyl adjacent to an activating group) is 1. The van der Waals surface area contributed by atoms with Crippen LogP contribution in [-0.4, -0.2) is 71.2 Å². The Morgan fingerprint density at radius 1 is 1.33 bits per heavy atom. The minimum Gasteiger partial charge on any atom is -0.395 e. The van der Waals surface area contributed by atoms with Crippen LogP contribution in [0.2, 0.25) is 0 Å². The number of anilines is 1. The second-order valence-corrected chi connectivity index (χ2v) is 8.58. The number of nitrogens with one attached hydrogen (secondary N) is 2. The molecule has 33 heavy (non-hydrogen) atoms. The number of aryl methyl sites for hydroxylation is 1. The molecule has 178 valence electrons. The number of aromatic nitrogens is 1. The molecule has 1 aliphatic heterocycles. The molecule has 1 unspecified atom stereocenters. The second kappa shape index (κ2) is 11.8. The lowest BCUT2D eigenvalue weighted by atomic mass is 9.97. The maximum Gasteiger partial charge on any atom is 0.248 e. The molecule has 7 nitrogen and oxygen atoms in total. The van der Waals surface area contributed by atoms with E-state index in [9.17, 15) is 14.7 Å². The van der Waals surface area contributed by atoms with Crippen molar-refractivity contribution in [3.8, 4) is 0 Å².